The van der Waals surface area contributed by atoms with E-state index >= 15 is 0 Å². The minimum atomic E-state index is -0.350. The highest BCUT2D eigenvalue weighted by Crippen LogP contribution is 2.35. The van der Waals surface area contributed by atoms with Gasteiger partial charge in [-0.15, -0.1) is 0 Å². The lowest BCUT2D eigenvalue weighted by molar-refractivity contribution is 0.100. The van der Waals surface area contributed by atoms with Crippen LogP contribution in [0.5, 0.6) is 0 Å². The van der Waals surface area contributed by atoms with Gasteiger partial charge >= 0.3 is 0 Å². The normalized spacial score (nSPS) is 14.3. The predicted octanol–water partition coefficient (Wildman–Crippen LogP) is 2.44. The average molecular weight is 320 g/mol. The summed E-state index contributed by atoms with van der Waals surface area (Å²) in [6, 6.07) is 10.4. The van der Waals surface area contributed by atoms with E-state index in [1.807, 2.05) is 12.1 Å². The van der Waals surface area contributed by atoms with Gasteiger partial charge in [-0.1, -0.05) is 18.6 Å². The molecule has 0 atom stereocenters. The maximum atomic E-state index is 12.9. The second kappa shape index (κ2) is 5.88. The van der Waals surface area contributed by atoms with Crippen LogP contribution in [0.25, 0.3) is 10.9 Å². The highest BCUT2D eigenvalue weighted by Gasteiger charge is 2.26. The maximum absolute atomic E-state index is 12.9. The summed E-state index contributed by atoms with van der Waals surface area (Å²) in [5.74, 6) is 0.490. The Kier molecular flexibility index (Phi) is 3.57. The second-order valence-electron chi connectivity index (χ2n) is 5.93. The molecule has 1 aromatic carbocycles. The molecule has 2 aromatic heterocycles. The van der Waals surface area contributed by atoms with Gasteiger partial charge in [-0.3, -0.25) is 20.0 Å². The molecule has 24 heavy (non-hydrogen) atoms. The number of amides is 1. The van der Waals surface area contributed by atoms with Crippen molar-refractivity contribution >= 4 is 16.8 Å². The topological polar surface area (TPSA) is 76.9 Å². The van der Waals surface area contributed by atoms with Crippen LogP contribution in [-0.4, -0.2) is 20.6 Å². The number of carbonyl (C=O) groups excluding carboxylic acids is 1. The van der Waals surface area contributed by atoms with Gasteiger partial charge < -0.3 is 0 Å². The molecule has 6 heteroatoms. The number of para-hydroxylation sites is 1. The lowest BCUT2D eigenvalue weighted by Crippen LogP contribution is -2.38. The molecule has 1 aliphatic carbocycles. The van der Waals surface area contributed by atoms with E-state index in [0.717, 1.165) is 19.3 Å². The van der Waals surface area contributed by atoms with Crippen LogP contribution >= 0.6 is 0 Å². The molecule has 1 amide bonds. The van der Waals surface area contributed by atoms with Gasteiger partial charge in [0.2, 0.25) is 0 Å². The van der Waals surface area contributed by atoms with Crippen molar-refractivity contribution in [1.82, 2.24) is 14.6 Å². The van der Waals surface area contributed by atoms with E-state index in [2.05, 4.69) is 15.4 Å². The fraction of sp³-hybridized carbons (Fsp3) is 0.222. The number of nitrogens with zero attached hydrogens (tertiary/aromatic N) is 3. The van der Waals surface area contributed by atoms with Crippen LogP contribution in [0.4, 0.5) is 0 Å². The SMILES string of the molecule is O=C(Nn1c(C2CCC2)nc2ccccc2c1=O)c1ccncc1. The Hall–Kier alpha value is -3.02. The van der Waals surface area contributed by atoms with Crippen LogP contribution in [0.3, 0.4) is 0 Å². The quantitative estimate of drug-likeness (QED) is 0.804. The number of benzene rings is 1. The minimum absolute atomic E-state index is 0.208. The zero-order valence-electron chi connectivity index (χ0n) is 13.0. The smallest absolute Gasteiger partial charge is 0.267 e. The average Bonchev–Trinajstić information content (AvgIpc) is 2.57. The molecule has 0 bridgehead atoms. The van der Waals surface area contributed by atoms with Crippen molar-refractivity contribution < 1.29 is 4.79 Å². The van der Waals surface area contributed by atoms with Gasteiger partial charge in [0.05, 0.1) is 10.9 Å². The summed E-state index contributed by atoms with van der Waals surface area (Å²) >= 11 is 0. The third-order valence-corrected chi connectivity index (χ3v) is 4.43. The zero-order chi connectivity index (χ0) is 16.5. The summed E-state index contributed by atoms with van der Waals surface area (Å²) in [6.45, 7) is 0. The summed E-state index contributed by atoms with van der Waals surface area (Å²) in [7, 11) is 0. The number of fused-ring (bicyclic) bond motifs is 1. The van der Waals surface area contributed by atoms with E-state index in [1.54, 1.807) is 36.7 Å². The van der Waals surface area contributed by atoms with Crippen LogP contribution in [0.15, 0.2) is 53.6 Å². The molecular formula is C18H16N4O2. The van der Waals surface area contributed by atoms with Crippen LogP contribution in [0.1, 0.15) is 41.4 Å². The van der Waals surface area contributed by atoms with Gasteiger partial charge in [0, 0.05) is 23.9 Å². The van der Waals surface area contributed by atoms with E-state index in [9.17, 15) is 9.59 Å². The largest absolute Gasteiger partial charge is 0.280 e. The fourth-order valence-electron chi connectivity index (χ4n) is 2.87. The van der Waals surface area contributed by atoms with Gasteiger partial charge in [-0.05, 0) is 37.1 Å². The molecular weight excluding hydrogens is 304 g/mol. The molecule has 1 N–H and O–H groups in total. The van der Waals surface area contributed by atoms with Crippen molar-refractivity contribution in [1.29, 1.82) is 0 Å². The number of carbonyl (C=O) groups is 1. The van der Waals surface area contributed by atoms with Gasteiger partial charge in [0.25, 0.3) is 11.5 Å². The zero-order valence-corrected chi connectivity index (χ0v) is 13.0. The van der Waals surface area contributed by atoms with E-state index in [1.165, 1.54) is 4.68 Å². The highest BCUT2D eigenvalue weighted by molar-refractivity contribution is 6.00. The summed E-state index contributed by atoms with van der Waals surface area (Å²) in [5, 5.41) is 0.496. The monoisotopic (exact) mass is 320 g/mol. The van der Waals surface area contributed by atoms with Crippen LogP contribution in [0, 0.1) is 0 Å². The molecule has 4 rings (SSSR count). The molecule has 1 fully saturated rings. The molecule has 1 saturated carbocycles. The molecule has 3 aromatic rings. The third-order valence-electron chi connectivity index (χ3n) is 4.43. The van der Waals surface area contributed by atoms with E-state index < -0.39 is 0 Å². The van der Waals surface area contributed by atoms with E-state index in [4.69, 9.17) is 0 Å². The Morgan fingerprint density at radius 2 is 1.88 bits per heavy atom. The third kappa shape index (κ3) is 2.46. The molecule has 0 aliphatic heterocycles. The lowest BCUT2D eigenvalue weighted by atomic mass is 9.84. The summed E-state index contributed by atoms with van der Waals surface area (Å²) in [4.78, 5) is 33.9. The summed E-state index contributed by atoms with van der Waals surface area (Å²) < 4.78 is 1.31. The van der Waals surface area contributed by atoms with Gasteiger partial charge in [0.15, 0.2) is 0 Å². The van der Waals surface area contributed by atoms with Crippen LogP contribution in [-0.2, 0) is 0 Å². The van der Waals surface area contributed by atoms with Crippen LogP contribution in [0.2, 0.25) is 0 Å². The van der Waals surface area contributed by atoms with Crippen molar-refractivity contribution in [3.05, 3.63) is 70.5 Å². The standard InChI is InChI=1S/C18H16N4O2/c23-17(13-8-10-19-11-9-13)21-22-16(12-4-3-5-12)20-15-7-2-1-6-14(15)18(22)24/h1-2,6-12H,3-5H2,(H,21,23). The first-order valence-electron chi connectivity index (χ1n) is 7.97. The number of pyridine rings is 1. The highest BCUT2D eigenvalue weighted by atomic mass is 16.2. The number of aromatic nitrogens is 3. The molecule has 0 radical (unpaired) electrons. The minimum Gasteiger partial charge on any atom is -0.267 e. The first kappa shape index (κ1) is 14.6. The van der Waals surface area contributed by atoms with Gasteiger partial charge in [-0.2, -0.15) is 0 Å². The van der Waals surface area contributed by atoms with E-state index in [-0.39, 0.29) is 17.4 Å². The summed E-state index contributed by atoms with van der Waals surface area (Å²) in [6.07, 6.45) is 6.17. The van der Waals surface area contributed by atoms with Crippen LogP contribution < -0.4 is 11.0 Å². The predicted molar refractivity (Wildman–Crippen MR) is 90.5 cm³/mol. The second-order valence-corrected chi connectivity index (χ2v) is 5.93. The van der Waals surface area contributed by atoms with Gasteiger partial charge in [-0.25, -0.2) is 9.66 Å². The molecule has 1 aliphatic rings. The van der Waals surface area contributed by atoms with Crippen molar-refractivity contribution in [2.24, 2.45) is 0 Å². The maximum Gasteiger partial charge on any atom is 0.280 e. The van der Waals surface area contributed by atoms with Crippen molar-refractivity contribution in [2.45, 2.75) is 25.2 Å². The van der Waals surface area contributed by atoms with Gasteiger partial charge in [0.1, 0.15) is 5.82 Å². The molecule has 0 saturated heterocycles. The fourth-order valence-corrected chi connectivity index (χ4v) is 2.87. The molecule has 0 spiro atoms. The first-order chi connectivity index (χ1) is 11.7. The molecule has 6 nitrogen and oxygen atoms in total. The number of nitrogens with one attached hydrogen (secondary N) is 1. The molecule has 120 valence electrons. The van der Waals surface area contributed by atoms with E-state index in [0.29, 0.717) is 22.3 Å². The lowest BCUT2D eigenvalue weighted by Gasteiger charge is -2.27. The number of rotatable bonds is 3. The Bertz CT molecular complexity index is 962. The van der Waals surface area contributed by atoms with Crippen molar-refractivity contribution in [3.63, 3.8) is 0 Å². The van der Waals surface area contributed by atoms with Crippen molar-refractivity contribution in [2.75, 3.05) is 5.43 Å². The molecule has 2 heterocycles. The Morgan fingerprint density at radius 3 is 2.58 bits per heavy atom. The number of hydrogen-bond donors (Lipinski definition) is 1. The first-order valence-corrected chi connectivity index (χ1v) is 7.97. The van der Waals surface area contributed by atoms with Crippen molar-refractivity contribution in [3.8, 4) is 0 Å². The number of hydrogen-bond acceptors (Lipinski definition) is 4. The Morgan fingerprint density at radius 1 is 1.12 bits per heavy atom. The Balaban J connectivity index is 1.82. The molecule has 0 unspecified atom stereocenters. The Labute approximate surface area is 138 Å². The summed E-state index contributed by atoms with van der Waals surface area (Å²) in [5.41, 5.74) is 3.58.